The molecule has 106 valence electrons. The van der Waals surface area contributed by atoms with Crippen molar-refractivity contribution in [3.05, 3.63) is 11.3 Å². The van der Waals surface area contributed by atoms with Crippen molar-refractivity contribution in [3.8, 4) is 0 Å². The number of nitrogen functional groups attached to an aromatic ring is 1. The van der Waals surface area contributed by atoms with Crippen LogP contribution >= 0.6 is 0 Å². The van der Waals surface area contributed by atoms with Gasteiger partial charge in [0.05, 0.1) is 6.61 Å². The van der Waals surface area contributed by atoms with Crippen LogP contribution in [0.5, 0.6) is 0 Å². The van der Waals surface area contributed by atoms with Crippen LogP contribution in [-0.2, 0) is 11.2 Å². The molecule has 2 N–H and O–H groups in total. The van der Waals surface area contributed by atoms with Crippen molar-refractivity contribution < 1.29 is 4.74 Å². The second-order valence-corrected chi connectivity index (χ2v) is 5.23. The summed E-state index contributed by atoms with van der Waals surface area (Å²) in [6.07, 6.45) is 3.35. The molecule has 2 rings (SSSR count). The van der Waals surface area contributed by atoms with Gasteiger partial charge in [0.25, 0.3) is 0 Å². The summed E-state index contributed by atoms with van der Waals surface area (Å²) in [5.41, 5.74) is 8.02. The smallest absolute Gasteiger partial charge is 0.222 e. The quantitative estimate of drug-likeness (QED) is 0.898. The maximum absolute atomic E-state index is 5.81. The third-order valence-electron chi connectivity index (χ3n) is 3.78. The fraction of sp³-hybridized carbons (Fsp3) is 0.714. The zero-order valence-corrected chi connectivity index (χ0v) is 12.1. The molecule has 5 heteroatoms. The van der Waals surface area contributed by atoms with Crippen molar-refractivity contribution in [1.82, 2.24) is 9.97 Å². The van der Waals surface area contributed by atoms with Gasteiger partial charge >= 0.3 is 0 Å². The Bertz CT molecular complexity index is 434. The molecule has 1 aromatic heterocycles. The SMILES string of the molecule is CCc1c(C)nc(N)nc1N1CCCC(COC)C1. The first-order valence-corrected chi connectivity index (χ1v) is 7.02. The van der Waals surface area contributed by atoms with E-state index in [0.29, 0.717) is 11.9 Å². The highest BCUT2D eigenvalue weighted by Gasteiger charge is 2.23. The number of nitrogens with zero attached hydrogens (tertiary/aromatic N) is 3. The Kier molecular flexibility index (Phi) is 4.58. The van der Waals surface area contributed by atoms with Crippen molar-refractivity contribution in [1.29, 1.82) is 0 Å². The molecule has 19 heavy (non-hydrogen) atoms. The van der Waals surface area contributed by atoms with Crippen LogP contribution in [0.3, 0.4) is 0 Å². The molecule has 0 spiro atoms. The maximum Gasteiger partial charge on any atom is 0.222 e. The molecule has 1 fully saturated rings. The minimum Gasteiger partial charge on any atom is -0.384 e. The van der Waals surface area contributed by atoms with Crippen molar-refractivity contribution in [2.24, 2.45) is 5.92 Å². The number of piperidine rings is 1. The summed E-state index contributed by atoms with van der Waals surface area (Å²) < 4.78 is 5.29. The lowest BCUT2D eigenvalue weighted by atomic mass is 9.98. The van der Waals surface area contributed by atoms with E-state index >= 15 is 0 Å². The Hall–Kier alpha value is -1.36. The monoisotopic (exact) mass is 264 g/mol. The number of rotatable bonds is 4. The van der Waals surface area contributed by atoms with E-state index in [-0.39, 0.29) is 0 Å². The van der Waals surface area contributed by atoms with E-state index in [4.69, 9.17) is 10.5 Å². The van der Waals surface area contributed by atoms with Gasteiger partial charge in [0, 0.05) is 31.5 Å². The second kappa shape index (κ2) is 6.19. The third-order valence-corrected chi connectivity index (χ3v) is 3.78. The van der Waals surface area contributed by atoms with Crippen LogP contribution in [0.25, 0.3) is 0 Å². The second-order valence-electron chi connectivity index (χ2n) is 5.23. The van der Waals surface area contributed by atoms with E-state index in [0.717, 1.165) is 37.6 Å². The lowest BCUT2D eigenvalue weighted by molar-refractivity contribution is 0.143. The van der Waals surface area contributed by atoms with Gasteiger partial charge in [0.15, 0.2) is 0 Å². The summed E-state index contributed by atoms with van der Waals surface area (Å²) in [4.78, 5) is 11.1. The largest absolute Gasteiger partial charge is 0.384 e. The minimum absolute atomic E-state index is 0.374. The summed E-state index contributed by atoms with van der Waals surface area (Å²) >= 11 is 0. The number of aryl methyl sites for hydroxylation is 1. The van der Waals surface area contributed by atoms with Crippen molar-refractivity contribution in [3.63, 3.8) is 0 Å². The molecular formula is C14H24N4O. The predicted octanol–water partition coefficient (Wildman–Crippen LogP) is 1.79. The molecule has 5 nitrogen and oxygen atoms in total. The first kappa shape index (κ1) is 14.1. The average molecular weight is 264 g/mol. The van der Waals surface area contributed by atoms with Gasteiger partial charge < -0.3 is 15.4 Å². The molecule has 0 aromatic carbocycles. The van der Waals surface area contributed by atoms with Gasteiger partial charge in [-0.05, 0) is 32.1 Å². The molecule has 0 amide bonds. The van der Waals surface area contributed by atoms with Crippen molar-refractivity contribution in [2.45, 2.75) is 33.1 Å². The van der Waals surface area contributed by atoms with E-state index in [1.165, 1.54) is 18.4 Å². The predicted molar refractivity (Wildman–Crippen MR) is 77.4 cm³/mol. The van der Waals surface area contributed by atoms with Gasteiger partial charge in [-0.1, -0.05) is 6.92 Å². The van der Waals surface area contributed by atoms with Gasteiger partial charge in [-0.15, -0.1) is 0 Å². The highest BCUT2D eigenvalue weighted by atomic mass is 16.5. The Balaban J connectivity index is 2.25. The topological polar surface area (TPSA) is 64.3 Å². The summed E-state index contributed by atoms with van der Waals surface area (Å²) in [7, 11) is 1.77. The first-order valence-electron chi connectivity index (χ1n) is 7.02. The third kappa shape index (κ3) is 3.15. The van der Waals surface area contributed by atoms with E-state index in [1.54, 1.807) is 7.11 Å². The van der Waals surface area contributed by atoms with E-state index < -0.39 is 0 Å². The van der Waals surface area contributed by atoms with Crippen LogP contribution in [-0.4, -0.2) is 36.8 Å². The first-order chi connectivity index (χ1) is 9.15. The number of nitrogens with two attached hydrogens (primary N) is 1. The molecule has 1 unspecified atom stereocenters. The van der Waals surface area contributed by atoms with E-state index in [9.17, 15) is 0 Å². The summed E-state index contributed by atoms with van der Waals surface area (Å²) in [5, 5.41) is 0. The number of aromatic nitrogens is 2. The van der Waals surface area contributed by atoms with E-state index in [2.05, 4.69) is 21.8 Å². The molecule has 1 aliphatic rings. The molecule has 1 aromatic rings. The maximum atomic E-state index is 5.81. The fourth-order valence-electron chi connectivity index (χ4n) is 2.91. The number of hydrogen-bond donors (Lipinski definition) is 1. The Morgan fingerprint density at radius 3 is 2.89 bits per heavy atom. The standard InChI is InChI=1S/C14H24N4O/c1-4-12-10(2)16-14(15)17-13(12)18-7-5-6-11(8-18)9-19-3/h11H,4-9H2,1-3H3,(H2,15,16,17). The number of ether oxygens (including phenoxy) is 1. The summed E-state index contributed by atoms with van der Waals surface area (Å²) in [5.74, 6) is 1.98. The van der Waals surface area contributed by atoms with Gasteiger partial charge in [-0.2, -0.15) is 4.98 Å². The number of anilines is 2. The molecule has 1 aliphatic heterocycles. The van der Waals surface area contributed by atoms with Gasteiger partial charge in [0.2, 0.25) is 5.95 Å². The molecule has 0 bridgehead atoms. The lowest BCUT2D eigenvalue weighted by Gasteiger charge is -2.34. The van der Waals surface area contributed by atoms with Crippen LogP contribution in [0.2, 0.25) is 0 Å². The molecule has 2 heterocycles. The Morgan fingerprint density at radius 2 is 2.21 bits per heavy atom. The van der Waals surface area contributed by atoms with Gasteiger partial charge in [0.1, 0.15) is 5.82 Å². The van der Waals surface area contributed by atoms with Crippen LogP contribution in [0, 0.1) is 12.8 Å². The summed E-state index contributed by atoms with van der Waals surface area (Å²) in [6.45, 7) is 7.01. The Morgan fingerprint density at radius 1 is 1.42 bits per heavy atom. The molecule has 1 saturated heterocycles. The molecule has 0 saturated carbocycles. The zero-order valence-electron chi connectivity index (χ0n) is 12.1. The van der Waals surface area contributed by atoms with Gasteiger partial charge in [-0.25, -0.2) is 4.98 Å². The highest BCUT2D eigenvalue weighted by Crippen LogP contribution is 2.27. The number of methoxy groups -OCH3 is 1. The number of hydrogen-bond acceptors (Lipinski definition) is 5. The molecular weight excluding hydrogens is 240 g/mol. The minimum atomic E-state index is 0.374. The highest BCUT2D eigenvalue weighted by molar-refractivity contribution is 5.52. The molecule has 0 radical (unpaired) electrons. The summed E-state index contributed by atoms with van der Waals surface area (Å²) in [6, 6.07) is 0. The zero-order chi connectivity index (χ0) is 13.8. The lowest BCUT2D eigenvalue weighted by Crippen LogP contribution is -2.38. The van der Waals surface area contributed by atoms with Crippen LogP contribution in [0.15, 0.2) is 0 Å². The van der Waals surface area contributed by atoms with Crippen LogP contribution < -0.4 is 10.6 Å². The van der Waals surface area contributed by atoms with Crippen molar-refractivity contribution in [2.75, 3.05) is 37.4 Å². The average Bonchev–Trinajstić information content (AvgIpc) is 2.38. The molecule has 1 atom stereocenters. The van der Waals surface area contributed by atoms with Gasteiger partial charge in [-0.3, -0.25) is 0 Å². The normalized spacial score (nSPS) is 19.7. The van der Waals surface area contributed by atoms with Crippen LogP contribution in [0.1, 0.15) is 31.0 Å². The van der Waals surface area contributed by atoms with Crippen molar-refractivity contribution >= 4 is 11.8 Å². The van der Waals surface area contributed by atoms with Crippen LogP contribution in [0.4, 0.5) is 11.8 Å². The Labute approximate surface area is 115 Å². The van der Waals surface area contributed by atoms with E-state index in [1.807, 2.05) is 6.92 Å². The fourth-order valence-corrected chi connectivity index (χ4v) is 2.91. The molecule has 0 aliphatic carbocycles.